The number of carboxylic acids is 1. The predicted molar refractivity (Wildman–Crippen MR) is 150 cm³/mol. The normalized spacial score (nSPS) is 11.4. The van der Waals surface area contributed by atoms with E-state index in [1.54, 1.807) is 0 Å². The molecule has 0 aromatic rings. The van der Waals surface area contributed by atoms with Gasteiger partial charge in [0.2, 0.25) is 0 Å². The number of unbranched alkanes of at least 4 members (excludes halogenated alkanes) is 1. The second kappa shape index (κ2) is 37.0. The van der Waals surface area contributed by atoms with Crippen LogP contribution in [0.25, 0.3) is 0 Å². The van der Waals surface area contributed by atoms with E-state index in [9.17, 15) is 4.79 Å². The Morgan fingerprint density at radius 3 is 0.805 bits per heavy atom. The molecule has 246 valence electrons. The number of ether oxygens (including phenoxy) is 11. The Labute approximate surface area is 245 Å². The van der Waals surface area contributed by atoms with E-state index in [1.807, 2.05) is 0 Å². The number of hydrogen-bond acceptors (Lipinski definition) is 13. The average Bonchev–Trinajstić information content (AvgIpc) is 2.97. The van der Waals surface area contributed by atoms with Gasteiger partial charge in [-0.2, -0.15) is 0 Å². The molecule has 0 aromatic heterocycles. The Hall–Kier alpha value is -1.01. The molecule has 0 aromatic carbocycles. The van der Waals surface area contributed by atoms with Crippen molar-refractivity contribution in [3.05, 3.63) is 0 Å². The van der Waals surface area contributed by atoms with Crippen LogP contribution in [0.3, 0.4) is 0 Å². The third-order valence-electron chi connectivity index (χ3n) is 4.91. The molecule has 0 radical (unpaired) electrons. The van der Waals surface area contributed by atoms with Gasteiger partial charge in [-0.05, 0) is 12.8 Å². The van der Waals surface area contributed by atoms with Crippen molar-refractivity contribution in [1.29, 1.82) is 0 Å². The van der Waals surface area contributed by atoms with Crippen LogP contribution in [0.2, 0.25) is 0 Å². The zero-order chi connectivity index (χ0) is 29.7. The maximum atomic E-state index is 10.4. The zero-order valence-electron chi connectivity index (χ0n) is 24.8. The summed E-state index contributed by atoms with van der Waals surface area (Å²) in [4.78, 5) is 10.4. The van der Waals surface area contributed by atoms with Gasteiger partial charge in [-0.3, -0.25) is 4.79 Å². The smallest absolute Gasteiger partial charge is 0.303 e. The number of aliphatic carboxylic acids is 1. The first-order valence-corrected chi connectivity index (χ1v) is 14.5. The van der Waals surface area contributed by atoms with E-state index in [4.69, 9.17) is 62.9 Å². The molecule has 0 atom stereocenters. The lowest BCUT2D eigenvalue weighted by Gasteiger charge is -2.09. The molecular weight excluding hydrogens is 546 g/mol. The van der Waals surface area contributed by atoms with Crippen LogP contribution in [0.1, 0.15) is 19.3 Å². The Kier molecular flexibility index (Phi) is 36.1. The van der Waals surface area contributed by atoms with Gasteiger partial charge < -0.3 is 62.9 Å². The van der Waals surface area contributed by atoms with Crippen molar-refractivity contribution in [3.8, 4) is 0 Å². The van der Waals surface area contributed by atoms with Crippen LogP contribution < -0.4 is 5.73 Å². The molecule has 0 amide bonds. The Morgan fingerprint density at radius 2 is 0.585 bits per heavy atom. The summed E-state index contributed by atoms with van der Waals surface area (Å²) in [7, 11) is 0. The van der Waals surface area contributed by atoms with Gasteiger partial charge in [0.15, 0.2) is 0 Å². The molecule has 0 aliphatic rings. The van der Waals surface area contributed by atoms with Gasteiger partial charge in [0, 0.05) is 19.6 Å². The minimum absolute atomic E-state index is 0.183. The van der Waals surface area contributed by atoms with Gasteiger partial charge in [-0.25, -0.2) is 0 Å². The molecule has 0 fully saturated rings. The fourth-order valence-electron chi connectivity index (χ4n) is 2.86. The molecule has 0 rings (SSSR count). The summed E-state index contributed by atoms with van der Waals surface area (Å²) in [5.74, 6) is -0.774. The second-order valence-electron chi connectivity index (χ2n) is 8.38. The molecule has 0 unspecified atom stereocenters. The van der Waals surface area contributed by atoms with Gasteiger partial charge in [-0.1, -0.05) is 0 Å². The van der Waals surface area contributed by atoms with Crippen molar-refractivity contribution in [2.24, 2.45) is 5.73 Å². The number of rotatable bonds is 37. The molecule has 0 spiro atoms. The molecule has 41 heavy (non-hydrogen) atoms. The predicted octanol–water partition coefficient (Wildman–Crippen LogP) is 0.383. The van der Waals surface area contributed by atoms with E-state index in [2.05, 4.69) is 0 Å². The minimum Gasteiger partial charge on any atom is -0.481 e. The average molecular weight is 602 g/mol. The molecule has 0 bridgehead atoms. The van der Waals surface area contributed by atoms with Gasteiger partial charge in [-0.15, -0.1) is 0 Å². The van der Waals surface area contributed by atoms with Gasteiger partial charge in [0.25, 0.3) is 0 Å². The van der Waals surface area contributed by atoms with Crippen molar-refractivity contribution in [2.75, 3.05) is 152 Å². The van der Waals surface area contributed by atoms with Crippen LogP contribution in [-0.2, 0) is 56.9 Å². The zero-order valence-corrected chi connectivity index (χ0v) is 24.8. The van der Waals surface area contributed by atoms with E-state index >= 15 is 0 Å². The Bertz CT molecular complexity index is 506. The molecule has 0 heterocycles. The molecule has 0 aliphatic heterocycles. The maximum Gasteiger partial charge on any atom is 0.303 e. The minimum atomic E-state index is -0.774. The Balaban J connectivity index is 3.03. The highest BCUT2D eigenvalue weighted by molar-refractivity contribution is 5.66. The highest BCUT2D eigenvalue weighted by atomic mass is 16.6. The van der Waals surface area contributed by atoms with Crippen molar-refractivity contribution in [3.63, 3.8) is 0 Å². The van der Waals surface area contributed by atoms with Crippen LogP contribution in [0.4, 0.5) is 0 Å². The van der Waals surface area contributed by atoms with Crippen molar-refractivity contribution in [1.82, 2.24) is 0 Å². The molecule has 0 saturated heterocycles. The number of carbonyl (C=O) groups is 1. The van der Waals surface area contributed by atoms with E-state index in [-0.39, 0.29) is 6.42 Å². The van der Waals surface area contributed by atoms with Gasteiger partial charge >= 0.3 is 5.97 Å². The van der Waals surface area contributed by atoms with E-state index < -0.39 is 5.97 Å². The number of hydrogen-bond donors (Lipinski definition) is 2. The van der Waals surface area contributed by atoms with Crippen molar-refractivity contribution >= 4 is 5.97 Å². The summed E-state index contributed by atoms with van der Waals surface area (Å²) in [6.45, 7) is 11.8. The van der Waals surface area contributed by atoms with Gasteiger partial charge in [0.1, 0.15) is 0 Å². The Morgan fingerprint density at radius 1 is 0.366 bits per heavy atom. The lowest BCUT2D eigenvalue weighted by Crippen LogP contribution is -2.15. The second-order valence-corrected chi connectivity index (χ2v) is 8.38. The number of carboxylic acid groups (broad SMARTS) is 1. The molecule has 0 aliphatic carbocycles. The SMILES string of the molecule is NCCOCCOCCOCCOCCOCCOCCOCCOCCOCCOCCOCCCCC(=O)O. The van der Waals surface area contributed by atoms with Crippen LogP contribution in [0, 0.1) is 0 Å². The quantitative estimate of drug-likeness (QED) is 0.0939. The monoisotopic (exact) mass is 601 g/mol. The van der Waals surface area contributed by atoms with Crippen molar-refractivity contribution in [2.45, 2.75) is 19.3 Å². The highest BCUT2D eigenvalue weighted by Crippen LogP contribution is 1.95. The summed E-state index contributed by atoms with van der Waals surface area (Å²) in [6.07, 6.45) is 1.55. The first-order valence-electron chi connectivity index (χ1n) is 14.5. The summed E-state index contributed by atoms with van der Waals surface area (Å²) < 4.78 is 59.4. The molecule has 14 heteroatoms. The van der Waals surface area contributed by atoms with Crippen LogP contribution in [-0.4, -0.2) is 163 Å². The number of nitrogens with two attached hydrogens (primary N) is 1. The standard InChI is InChI=1S/C27H55NO13/c28-4-6-32-8-10-34-12-14-36-16-18-38-20-22-40-24-26-41-25-23-39-21-19-37-17-15-35-13-11-33-9-7-31-5-2-1-3-27(29)30/h1-26,28H2,(H,29,30). The van der Waals surface area contributed by atoms with Crippen LogP contribution in [0.15, 0.2) is 0 Å². The fourth-order valence-corrected chi connectivity index (χ4v) is 2.86. The molecule has 14 nitrogen and oxygen atoms in total. The lowest BCUT2D eigenvalue weighted by atomic mass is 10.2. The summed E-state index contributed by atoms with van der Waals surface area (Å²) >= 11 is 0. The maximum absolute atomic E-state index is 10.4. The van der Waals surface area contributed by atoms with Crippen molar-refractivity contribution < 1.29 is 62.0 Å². The van der Waals surface area contributed by atoms with E-state index in [0.29, 0.717) is 158 Å². The summed E-state index contributed by atoms with van der Waals surface area (Å²) in [5.41, 5.74) is 5.32. The summed E-state index contributed by atoms with van der Waals surface area (Å²) in [6, 6.07) is 0. The van der Waals surface area contributed by atoms with Crippen LogP contribution in [0.5, 0.6) is 0 Å². The largest absolute Gasteiger partial charge is 0.481 e. The van der Waals surface area contributed by atoms with E-state index in [0.717, 1.165) is 6.42 Å². The topological polar surface area (TPSA) is 165 Å². The fraction of sp³-hybridized carbons (Fsp3) is 0.963. The van der Waals surface area contributed by atoms with Crippen LogP contribution >= 0.6 is 0 Å². The van der Waals surface area contributed by atoms with Gasteiger partial charge in [0.05, 0.1) is 139 Å². The molecule has 0 saturated carbocycles. The third-order valence-corrected chi connectivity index (χ3v) is 4.91. The first kappa shape index (κ1) is 40.0. The highest BCUT2D eigenvalue weighted by Gasteiger charge is 1.98. The molecular formula is C27H55NO13. The first-order chi connectivity index (χ1) is 20.3. The lowest BCUT2D eigenvalue weighted by molar-refractivity contribution is -0.137. The third kappa shape index (κ3) is 39.0. The molecule has 3 N–H and O–H groups in total. The summed E-state index contributed by atoms with van der Waals surface area (Å²) in [5, 5.41) is 8.54. The van der Waals surface area contributed by atoms with E-state index in [1.165, 1.54) is 0 Å².